The van der Waals surface area contributed by atoms with Gasteiger partial charge in [0.2, 0.25) is 0 Å². The molecule has 0 spiro atoms. The number of fused-ring (bicyclic) bond motifs is 1. The number of likely N-dealkylation sites (tertiary alicyclic amines) is 1. The summed E-state index contributed by atoms with van der Waals surface area (Å²) in [5.41, 5.74) is 1.41. The molecule has 0 saturated carbocycles. The number of para-hydroxylation sites is 1. The average molecular weight is 672 g/mol. The largest absolute Gasteiger partial charge is 0.489 e. The molecule has 0 radical (unpaired) electrons. The Kier molecular flexibility index (Phi) is 10.7. The fourth-order valence-electron chi connectivity index (χ4n) is 6.29. The van der Waals surface area contributed by atoms with E-state index in [1.165, 1.54) is 6.42 Å². The summed E-state index contributed by atoms with van der Waals surface area (Å²) in [5.74, 6) is 1.56. The number of carbonyl (C=O) groups excluding carboxylic acids is 2. The van der Waals surface area contributed by atoms with Gasteiger partial charge < -0.3 is 14.4 Å². The Morgan fingerprint density at radius 3 is 2.33 bits per heavy atom. The van der Waals surface area contributed by atoms with Crippen LogP contribution < -0.4 is 15.0 Å². The molecule has 2 saturated heterocycles. The Labute approximate surface area is 285 Å². The molecule has 3 aromatic carbocycles. The highest BCUT2D eigenvalue weighted by molar-refractivity contribution is 6.30. The van der Waals surface area contributed by atoms with Crippen LogP contribution in [0, 0.1) is 0 Å². The van der Waals surface area contributed by atoms with Crippen molar-refractivity contribution in [2.45, 2.75) is 45.8 Å². The number of aromatic nitrogens is 2. The first kappa shape index (κ1) is 33.6. The van der Waals surface area contributed by atoms with Gasteiger partial charge in [0, 0.05) is 36.8 Å². The van der Waals surface area contributed by atoms with Gasteiger partial charge in [-0.2, -0.15) is 0 Å². The highest BCUT2D eigenvalue weighted by Crippen LogP contribution is 2.28. The summed E-state index contributed by atoms with van der Waals surface area (Å²) in [6.07, 6.45) is 3.24. The Hall–Kier alpha value is -4.25. The van der Waals surface area contributed by atoms with Crippen molar-refractivity contribution in [3.8, 4) is 17.2 Å². The van der Waals surface area contributed by atoms with Gasteiger partial charge in [-0.15, -0.1) is 0 Å². The molecule has 1 aromatic heterocycles. The molecule has 0 aliphatic carbocycles. The first-order chi connectivity index (χ1) is 23.2. The van der Waals surface area contributed by atoms with E-state index in [2.05, 4.69) is 9.80 Å². The normalized spacial score (nSPS) is 16.0. The third kappa shape index (κ3) is 8.06. The molecule has 0 N–H and O–H groups in total. The lowest BCUT2D eigenvalue weighted by atomic mass is 10.1. The van der Waals surface area contributed by atoms with Crippen molar-refractivity contribution in [2.75, 3.05) is 52.4 Å². The van der Waals surface area contributed by atoms with Gasteiger partial charge in [0.05, 0.1) is 35.8 Å². The number of amides is 1. The van der Waals surface area contributed by atoms with E-state index in [0.29, 0.717) is 83.8 Å². The molecular weight excluding hydrogens is 630 g/mol. The number of hydrogen-bond donors (Lipinski definition) is 0. The van der Waals surface area contributed by atoms with E-state index in [0.717, 1.165) is 25.9 Å². The van der Waals surface area contributed by atoms with Gasteiger partial charge >= 0.3 is 0 Å². The maximum absolute atomic E-state index is 14.3. The second-order valence-electron chi connectivity index (χ2n) is 12.7. The van der Waals surface area contributed by atoms with Crippen LogP contribution in [-0.2, 0) is 11.3 Å². The minimum absolute atomic E-state index is 0.0124. The molecule has 6 rings (SSSR count). The quantitative estimate of drug-likeness (QED) is 0.200. The summed E-state index contributed by atoms with van der Waals surface area (Å²) >= 11 is 5.95. The van der Waals surface area contributed by atoms with Crippen molar-refractivity contribution in [2.24, 2.45) is 0 Å². The van der Waals surface area contributed by atoms with Gasteiger partial charge in [-0.05, 0) is 94.4 Å². The molecule has 10 nitrogen and oxygen atoms in total. The summed E-state index contributed by atoms with van der Waals surface area (Å²) in [5, 5.41) is 1.09. The number of ether oxygens (including phenoxy) is 2. The molecule has 2 aliphatic rings. The Balaban J connectivity index is 1.25. The number of benzene rings is 3. The highest BCUT2D eigenvalue weighted by Gasteiger charge is 2.25. The second kappa shape index (κ2) is 15.3. The molecule has 252 valence electrons. The zero-order valence-electron chi connectivity index (χ0n) is 27.6. The van der Waals surface area contributed by atoms with Gasteiger partial charge in [0.25, 0.3) is 11.5 Å². The van der Waals surface area contributed by atoms with Crippen molar-refractivity contribution < 1.29 is 19.1 Å². The summed E-state index contributed by atoms with van der Waals surface area (Å²) in [4.78, 5) is 51.9. The average Bonchev–Trinajstić information content (AvgIpc) is 3.09. The number of hydrogen-bond acceptors (Lipinski definition) is 8. The van der Waals surface area contributed by atoms with Crippen LogP contribution in [0.4, 0.5) is 0 Å². The molecular formula is C37H42ClN5O5. The van der Waals surface area contributed by atoms with E-state index in [9.17, 15) is 14.4 Å². The summed E-state index contributed by atoms with van der Waals surface area (Å²) in [6.45, 7) is 8.58. The monoisotopic (exact) mass is 671 g/mol. The standard InChI is InChI=1S/C37H42ClN5O5/c1-26(2)48-34-15-10-27(33(44)23-40-16-6-3-7-17-40)22-32(34)43-35(39-31-9-5-4-8-30(31)37(43)46)24-41-18-20-42(21-19-41)36(45)25-47-29-13-11-28(38)12-14-29/h4-5,8-15,22,26H,3,6-7,16-21,23-25H2,1-2H3. The second-order valence-corrected chi connectivity index (χ2v) is 13.1. The molecule has 2 aliphatic heterocycles. The molecule has 1 amide bonds. The molecule has 0 bridgehead atoms. The van der Waals surface area contributed by atoms with Crippen molar-refractivity contribution in [1.82, 2.24) is 24.3 Å². The number of piperidine rings is 1. The van der Waals surface area contributed by atoms with E-state index in [4.69, 9.17) is 26.1 Å². The Morgan fingerprint density at radius 2 is 1.60 bits per heavy atom. The van der Waals surface area contributed by atoms with Crippen LogP contribution in [0.15, 0.2) is 71.5 Å². The van der Waals surface area contributed by atoms with Crippen LogP contribution in [0.1, 0.15) is 49.3 Å². The van der Waals surface area contributed by atoms with E-state index in [1.54, 1.807) is 58.0 Å². The van der Waals surface area contributed by atoms with E-state index >= 15 is 0 Å². The predicted molar refractivity (Wildman–Crippen MR) is 187 cm³/mol. The molecule has 4 aromatic rings. The molecule has 0 unspecified atom stereocenters. The van der Waals surface area contributed by atoms with Crippen LogP contribution in [0.2, 0.25) is 5.02 Å². The summed E-state index contributed by atoms with van der Waals surface area (Å²) in [6, 6.07) is 19.6. The lowest BCUT2D eigenvalue weighted by Crippen LogP contribution is -2.50. The summed E-state index contributed by atoms with van der Waals surface area (Å²) < 4.78 is 13.5. The molecule has 0 atom stereocenters. The first-order valence-electron chi connectivity index (χ1n) is 16.7. The van der Waals surface area contributed by atoms with E-state index < -0.39 is 0 Å². The number of Topliss-reactive ketones (excluding diaryl/α,β-unsaturated/α-hetero) is 1. The fourth-order valence-corrected chi connectivity index (χ4v) is 6.41. The van der Waals surface area contributed by atoms with Gasteiger partial charge in [-0.3, -0.25) is 28.8 Å². The first-order valence-corrected chi connectivity index (χ1v) is 17.1. The van der Waals surface area contributed by atoms with Gasteiger partial charge in [-0.1, -0.05) is 30.2 Å². The van der Waals surface area contributed by atoms with Crippen LogP contribution >= 0.6 is 11.6 Å². The zero-order chi connectivity index (χ0) is 33.6. The summed E-state index contributed by atoms with van der Waals surface area (Å²) in [7, 11) is 0. The number of rotatable bonds is 11. The van der Waals surface area contributed by atoms with Crippen molar-refractivity contribution in [3.63, 3.8) is 0 Å². The van der Waals surface area contributed by atoms with E-state index in [-0.39, 0.29) is 30.0 Å². The van der Waals surface area contributed by atoms with Crippen LogP contribution in [0.5, 0.6) is 11.5 Å². The van der Waals surface area contributed by atoms with Gasteiger partial charge in [0.1, 0.15) is 17.3 Å². The minimum atomic E-state index is -0.224. The Bertz CT molecular complexity index is 1810. The third-order valence-corrected chi connectivity index (χ3v) is 9.06. The smallest absolute Gasteiger partial charge is 0.266 e. The lowest BCUT2D eigenvalue weighted by molar-refractivity contribution is -0.135. The topological polar surface area (TPSA) is 97.2 Å². The van der Waals surface area contributed by atoms with Crippen LogP contribution in [0.25, 0.3) is 16.6 Å². The van der Waals surface area contributed by atoms with Crippen LogP contribution in [-0.4, -0.2) is 94.5 Å². The van der Waals surface area contributed by atoms with E-state index in [1.807, 2.05) is 32.0 Å². The predicted octanol–water partition coefficient (Wildman–Crippen LogP) is 5.22. The number of carbonyl (C=O) groups is 2. The van der Waals surface area contributed by atoms with Gasteiger partial charge in [0.15, 0.2) is 12.4 Å². The Morgan fingerprint density at radius 1 is 0.875 bits per heavy atom. The molecule has 3 heterocycles. The maximum Gasteiger partial charge on any atom is 0.266 e. The fraction of sp³-hybridized carbons (Fsp3) is 0.405. The number of nitrogens with zero attached hydrogens (tertiary/aromatic N) is 5. The zero-order valence-corrected chi connectivity index (χ0v) is 28.3. The van der Waals surface area contributed by atoms with Crippen molar-refractivity contribution in [3.05, 3.63) is 93.5 Å². The third-order valence-electron chi connectivity index (χ3n) is 8.81. The minimum Gasteiger partial charge on any atom is -0.489 e. The number of halogens is 1. The molecule has 2 fully saturated rings. The van der Waals surface area contributed by atoms with Crippen LogP contribution in [0.3, 0.4) is 0 Å². The number of piperazine rings is 1. The maximum atomic E-state index is 14.3. The van der Waals surface area contributed by atoms with Crippen molar-refractivity contribution >= 4 is 34.2 Å². The van der Waals surface area contributed by atoms with Gasteiger partial charge in [-0.25, -0.2) is 4.98 Å². The lowest BCUT2D eigenvalue weighted by Gasteiger charge is -2.34. The number of ketones is 1. The molecule has 48 heavy (non-hydrogen) atoms. The van der Waals surface area contributed by atoms with Crippen molar-refractivity contribution in [1.29, 1.82) is 0 Å². The molecule has 11 heteroatoms. The highest BCUT2D eigenvalue weighted by atomic mass is 35.5. The SMILES string of the molecule is CC(C)Oc1ccc(C(=O)CN2CCCCC2)cc1-n1c(CN2CCN(C(=O)COc3ccc(Cl)cc3)CC2)nc2ccccc2c1=O.